The highest BCUT2D eigenvalue weighted by molar-refractivity contribution is 7.19. The van der Waals surface area contributed by atoms with Gasteiger partial charge in [0.25, 0.3) is 5.91 Å². The molecule has 0 unspecified atom stereocenters. The molecule has 0 saturated carbocycles. The molecule has 0 N–H and O–H groups in total. The predicted octanol–water partition coefficient (Wildman–Crippen LogP) is 4.09. The van der Waals surface area contributed by atoms with Crippen molar-refractivity contribution in [1.82, 2.24) is 14.9 Å². The van der Waals surface area contributed by atoms with Gasteiger partial charge in [-0.3, -0.25) is 4.79 Å². The first kappa shape index (κ1) is 18.6. The Kier molecular flexibility index (Phi) is 4.96. The van der Waals surface area contributed by atoms with E-state index in [-0.39, 0.29) is 5.91 Å². The lowest BCUT2D eigenvalue weighted by atomic mass is 9.97. The minimum absolute atomic E-state index is 0.132. The molecule has 1 saturated heterocycles. The van der Waals surface area contributed by atoms with Crippen LogP contribution in [0, 0.1) is 0 Å². The highest BCUT2D eigenvalue weighted by atomic mass is 32.1. The fourth-order valence-corrected chi connectivity index (χ4v) is 5.72. The van der Waals surface area contributed by atoms with Crippen LogP contribution in [0.2, 0.25) is 0 Å². The maximum atomic E-state index is 12.9. The molecule has 1 aliphatic carbocycles. The Balaban J connectivity index is 1.34. The van der Waals surface area contributed by atoms with E-state index in [1.54, 1.807) is 6.33 Å². The van der Waals surface area contributed by atoms with Gasteiger partial charge in [-0.2, -0.15) is 0 Å². The summed E-state index contributed by atoms with van der Waals surface area (Å²) in [5, 5.41) is 1.27. The largest absolute Gasteiger partial charge is 0.352 e. The summed E-state index contributed by atoms with van der Waals surface area (Å²) in [5.74, 6) is 1.20. The molecule has 150 valence electrons. The van der Waals surface area contributed by atoms with Gasteiger partial charge < -0.3 is 9.80 Å². The number of hydrogen-bond acceptors (Lipinski definition) is 5. The van der Waals surface area contributed by atoms with Crippen LogP contribution in [0.3, 0.4) is 0 Å². The Hall–Kier alpha value is -2.47. The van der Waals surface area contributed by atoms with Crippen molar-refractivity contribution in [2.24, 2.45) is 0 Å². The third-order valence-electron chi connectivity index (χ3n) is 6.21. The monoisotopic (exact) mass is 406 g/mol. The summed E-state index contributed by atoms with van der Waals surface area (Å²) in [7, 11) is 0. The minimum atomic E-state index is 0.132. The lowest BCUT2D eigenvalue weighted by molar-refractivity contribution is 0.0746. The molecular weight excluding hydrogens is 380 g/mol. The quantitative estimate of drug-likeness (QED) is 0.657. The number of carbonyl (C=O) groups is 1. The van der Waals surface area contributed by atoms with Crippen LogP contribution in [-0.2, 0) is 19.3 Å². The number of piperazine rings is 1. The molecule has 1 amide bonds. The van der Waals surface area contributed by atoms with Crippen LogP contribution in [-0.4, -0.2) is 47.0 Å². The van der Waals surface area contributed by atoms with E-state index in [9.17, 15) is 4.79 Å². The van der Waals surface area contributed by atoms with E-state index < -0.39 is 0 Å². The van der Waals surface area contributed by atoms with Crippen LogP contribution in [0.5, 0.6) is 0 Å². The first-order valence-electron chi connectivity index (χ1n) is 10.6. The second kappa shape index (κ2) is 7.75. The zero-order valence-electron chi connectivity index (χ0n) is 16.9. The van der Waals surface area contributed by atoms with Gasteiger partial charge in [0.05, 0.1) is 5.39 Å². The average molecular weight is 407 g/mol. The molecule has 5 rings (SSSR count). The Morgan fingerprint density at radius 2 is 1.79 bits per heavy atom. The van der Waals surface area contributed by atoms with E-state index in [1.807, 2.05) is 28.4 Å². The van der Waals surface area contributed by atoms with Crippen molar-refractivity contribution in [1.29, 1.82) is 0 Å². The number of hydrogen-bond donors (Lipinski definition) is 0. The Bertz CT molecular complexity index is 1030. The van der Waals surface area contributed by atoms with Crippen LogP contribution < -0.4 is 4.90 Å². The van der Waals surface area contributed by atoms with E-state index in [0.29, 0.717) is 0 Å². The predicted molar refractivity (Wildman–Crippen MR) is 118 cm³/mol. The molecule has 2 aliphatic rings. The summed E-state index contributed by atoms with van der Waals surface area (Å²) in [4.78, 5) is 29.1. The van der Waals surface area contributed by atoms with E-state index >= 15 is 0 Å². The van der Waals surface area contributed by atoms with Crippen LogP contribution in [0.1, 0.15) is 46.1 Å². The fourth-order valence-electron chi connectivity index (χ4n) is 4.50. The smallest absolute Gasteiger partial charge is 0.253 e. The Morgan fingerprint density at radius 3 is 2.55 bits per heavy atom. The molecular formula is C23H26N4OS. The van der Waals surface area contributed by atoms with Crippen LogP contribution in [0.4, 0.5) is 5.82 Å². The summed E-state index contributed by atoms with van der Waals surface area (Å²) >= 11 is 1.84. The number of benzene rings is 1. The van der Waals surface area contributed by atoms with Crippen molar-refractivity contribution in [2.45, 2.75) is 39.0 Å². The average Bonchev–Trinajstić information content (AvgIpc) is 3.18. The molecule has 6 heteroatoms. The van der Waals surface area contributed by atoms with Crippen molar-refractivity contribution >= 4 is 33.3 Å². The Labute approximate surface area is 175 Å². The van der Waals surface area contributed by atoms with Gasteiger partial charge in [-0.1, -0.05) is 19.1 Å². The number of carbonyl (C=O) groups excluding carboxylic acids is 1. The molecule has 29 heavy (non-hydrogen) atoms. The van der Waals surface area contributed by atoms with E-state index in [0.717, 1.165) is 55.2 Å². The molecule has 3 heterocycles. The molecule has 2 aromatic heterocycles. The molecule has 0 atom stereocenters. The second-order valence-electron chi connectivity index (χ2n) is 7.92. The molecule has 1 aromatic carbocycles. The van der Waals surface area contributed by atoms with Crippen LogP contribution in [0.15, 0.2) is 30.6 Å². The number of rotatable bonds is 3. The van der Waals surface area contributed by atoms with E-state index in [1.165, 1.54) is 40.7 Å². The highest BCUT2D eigenvalue weighted by Crippen LogP contribution is 2.39. The molecule has 0 radical (unpaired) electrons. The Morgan fingerprint density at radius 1 is 1.03 bits per heavy atom. The summed E-state index contributed by atoms with van der Waals surface area (Å²) in [6.07, 6.45) is 7.55. The lowest BCUT2D eigenvalue weighted by Crippen LogP contribution is -2.49. The number of anilines is 1. The standard InChI is InChI=1S/C23H26N4OS/c1-2-16-7-9-17(10-8-16)23(28)27-13-11-26(12-14-27)21-20-18-5-3-4-6-19(18)29-22(20)25-15-24-21/h7-10,15H,2-6,11-14H2,1H3. The van der Waals surface area contributed by atoms with Crippen molar-refractivity contribution in [3.8, 4) is 0 Å². The van der Waals surface area contributed by atoms with Gasteiger partial charge in [-0.05, 0) is 55.4 Å². The number of amides is 1. The number of fused-ring (bicyclic) bond motifs is 3. The van der Waals surface area contributed by atoms with Gasteiger partial charge in [-0.25, -0.2) is 9.97 Å². The molecule has 3 aromatic rings. The zero-order valence-corrected chi connectivity index (χ0v) is 17.7. The minimum Gasteiger partial charge on any atom is -0.352 e. The van der Waals surface area contributed by atoms with Crippen molar-refractivity contribution in [3.05, 3.63) is 52.2 Å². The fraction of sp³-hybridized carbons (Fsp3) is 0.435. The van der Waals surface area contributed by atoms with Gasteiger partial charge in [0.2, 0.25) is 0 Å². The summed E-state index contributed by atoms with van der Waals surface area (Å²) < 4.78 is 0. The summed E-state index contributed by atoms with van der Waals surface area (Å²) in [5.41, 5.74) is 3.52. The maximum Gasteiger partial charge on any atom is 0.253 e. The van der Waals surface area contributed by atoms with Crippen LogP contribution >= 0.6 is 11.3 Å². The van der Waals surface area contributed by atoms with Crippen LogP contribution in [0.25, 0.3) is 10.2 Å². The van der Waals surface area contributed by atoms with Crippen molar-refractivity contribution < 1.29 is 4.79 Å². The van der Waals surface area contributed by atoms with Crippen molar-refractivity contribution in [2.75, 3.05) is 31.1 Å². The van der Waals surface area contributed by atoms with Crippen molar-refractivity contribution in [3.63, 3.8) is 0 Å². The van der Waals surface area contributed by atoms with E-state index in [4.69, 9.17) is 0 Å². The number of aromatic nitrogens is 2. The summed E-state index contributed by atoms with van der Waals surface area (Å²) in [6, 6.07) is 8.03. The second-order valence-corrected chi connectivity index (χ2v) is 9.00. The first-order chi connectivity index (χ1) is 14.2. The van der Waals surface area contributed by atoms with E-state index in [2.05, 4.69) is 33.9 Å². The number of thiophene rings is 1. The van der Waals surface area contributed by atoms with Gasteiger partial charge in [0.1, 0.15) is 17.0 Å². The van der Waals surface area contributed by atoms with Gasteiger partial charge in [-0.15, -0.1) is 11.3 Å². The molecule has 0 bridgehead atoms. The van der Waals surface area contributed by atoms with Gasteiger partial charge in [0, 0.05) is 36.6 Å². The molecule has 0 spiro atoms. The first-order valence-corrected chi connectivity index (χ1v) is 11.4. The lowest BCUT2D eigenvalue weighted by Gasteiger charge is -2.35. The van der Waals surface area contributed by atoms with Gasteiger partial charge >= 0.3 is 0 Å². The summed E-state index contributed by atoms with van der Waals surface area (Å²) in [6.45, 7) is 5.22. The highest BCUT2D eigenvalue weighted by Gasteiger charge is 2.26. The number of nitrogens with zero attached hydrogens (tertiary/aromatic N) is 4. The molecule has 1 fully saturated rings. The maximum absolute atomic E-state index is 12.9. The number of aryl methyl sites for hydroxylation is 3. The topological polar surface area (TPSA) is 49.3 Å². The SMILES string of the molecule is CCc1ccc(C(=O)N2CCN(c3ncnc4sc5c(c34)CCCC5)CC2)cc1. The zero-order chi connectivity index (χ0) is 19.8. The molecule has 5 nitrogen and oxygen atoms in total. The third kappa shape index (κ3) is 3.39. The van der Waals surface area contributed by atoms with Gasteiger partial charge in [0.15, 0.2) is 0 Å². The normalized spacial score (nSPS) is 16.9. The molecule has 1 aliphatic heterocycles. The third-order valence-corrected chi connectivity index (χ3v) is 7.41.